The van der Waals surface area contributed by atoms with Crippen LogP contribution in [0, 0.1) is 0 Å². The van der Waals surface area contributed by atoms with Crippen LogP contribution in [0.15, 0.2) is 24.3 Å². The van der Waals surface area contributed by atoms with Crippen LogP contribution in [0.4, 0.5) is 5.69 Å². The molecule has 1 saturated heterocycles. The number of ether oxygens (including phenoxy) is 1. The highest BCUT2D eigenvalue weighted by atomic mass is 35.5. The van der Waals surface area contributed by atoms with Crippen LogP contribution in [0.3, 0.4) is 0 Å². The largest absolute Gasteiger partial charge is 0.378 e. The second kappa shape index (κ2) is 12.3. The Balaban J connectivity index is 1.44. The summed E-state index contributed by atoms with van der Waals surface area (Å²) in [6, 6.07) is 5.48. The molecule has 0 radical (unpaired) electrons. The lowest BCUT2D eigenvalue weighted by Crippen LogP contribution is -2.62. The smallest absolute Gasteiger partial charge is 0.313 e. The van der Waals surface area contributed by atoms with E-state index in [1.807, 2.05) is 11.9 Å². The molecule has 1 aromatic carbocycles. The van der Waals surface area contributed by atoms with E-state index in [-0.39, 0.29) is 12.5 Å². The Labute approximate surface area is 229 Å². The molecule has 2 aromatic rings. The summed E-state index contributed by atoms with van der Waals surface area (Å²) in [6.07, 6.45) is 1.29. The van der Waals surface area contributed by atoms with E-state index in [0.29, 0.717) is 40.2 Å². The maximum absolute atomic E-state index is 13.2. The second-order valence-electron chi connectivity index (χ2n) is 9.06. The van der Waals surface area contributed by atoms with E-state index in [4.69, 9.17) is 28.6 Å². The van der Waals surface area contributed by atoms with Gasteiger partial charge >= 0.3 is 11.8 Å². The first-order valence-electron chi connectivity index (χ1n) is 11.9. The third kappa shape index (κ3) is 7.02. The first-order valence-corrected chi connectivity index (χ1v) is 13.5. The van der Waals surface area contributed by atoms with Gasteiger partial charge in [0.15, 0.2) is 5.01 Å². The van der Waals surface area contributed by atoms with E-state index in [2.05, 4.69) is 25.8 Å². The molecule has 0 aliphatic carbocycles. The number of aromatic nitrogens is 1. The zero-order chi connectivity index (χ0) is 26.5. The molecule has 2 aliphatic heterocycles. The number of amides is 3. The Morgan fingerprint density at radius 2 is 1.92 bits per heavy atom. The standard InChI is InChI=1S/C24H29ClN6O4S2/c1-30-9-7-17-19(12-30)37-24(29-17)23(34)28-18-11-31(20(36)13-35-2)10-8-16(18)27-22(33)21(32)26-15-5-3-14(25)4-6-15/h3-6,16,18H,7-13H2,1-2H3,(H,26,32)(H,27,33)(H,28,34)/t16-,18+/m0/s1. The number of anilines is 1. The van der Waals surface area contributed by atoms with Crippen LogP contribution in [-0.4, -0.2) is 90.0 Å². The normalized spacial score (nSPS) is 19.6. The summed E-state index contributed by atoms with van der Waals surface area (Å²) in [4.78, 5) is 48.8. The Bertz CT molecular complexity index is 1170. The monoisotopic (exact) mass is 564 g/mol. The number of thiocarbonyl (C=S) groups is 1. The highest BCUT2D eigenvalue weighted by Gasteiger charge is 2.34. The molecule has 2 atom stereocenters. The quantitative estimate of drug-likeness (QED) is 0.359. The van der Waals surface area contributed by atoms with Crippen molar-refractivity contribution in [1.82, 2.24) is 25.4 Å². The van der Waals surface area contributed by atoms with Gasteiger partial charge in [-0.15, -0.1) is 11.3 Å². The number of thiazole rings is 1. The summed E-state index contributed by atoms with van der Waals surface area (Å²) in [5.41, 5.74) is 1.41. The fraction of sp³-hybridized carbons (Fsp3) is 0.458. The van der Waals surface area contributed by atoms with Crippen molar-refractivity contribution in [3.8, 4) is 0 Å². The minimum Gasteiger partial charge on any atom is -0.378 e. The summed E-state index contributed by atoms with van der Waals surface area (Å²) in [5.74, 6) is -1.90. The number of nitrogens with zero attached hydrogens (tertiary/aromatic N) is 3. The molecule has 1 fully saturated rings. The number of hydrogen-bond donors (Lipinski definition) is 3. The summed E-state index contributed by atoms with van der Waals surface area (Å²) in [6.45, 7) is 2.87. The summed E-state index contributed by atoms with van der Waals surface area (Å²) in [7, 11) is 3.61. The molecule has 0 bridgehead atoms. The van der Waals surface area contributed by atoms with Crippen LogP contribution < -0.4 is 16.0 Å². The number of methoxy groups -OCH3 is 1. The van der Waals surface area contributed by atoms with E-state index < -0.39 is 23.9 Å². The number of fused-ring (bicyclic) bond motifs is 1. The fourth-order valence-corrected chi connectivity index (χ4v) is 5.82. The van der Waals surface area contributed by atoms with Crippen molar-refractivity contribution in [3.05, 3.63) is 44.9 Å². The molecule has 0 spiro atoms. The number of rotatable bonds is 6. The van der Waals surface area contributed by atoms with Gasteiger partial charge in [0.1, 0.15) is 4.99 Å². The van der Waals surface area contributed by atoms with Crippen LogP contribution in [0.5, 0.6) is 0 Å². The van der Waals surface area contributed by atoms with Gasteiger partial charge in [0.2, 0.25) is 0 Å². The van der Waals surface area contributed by atoms with Crippen molar-refractivity contribution in [2.24, 2.45) is 0 Å². The summed E-state index contributed by atoms with van der Waals surface area (Å²) >= 11 is 12.7. The number of nitrogens with one attached hydrogen (secondary N) is 3. The van der Waals surface area contributed by atoms with Crippen LogP contribution in [0.2, 0.25) is 5.02 Å². The number of hydrogen-bond acceptors (Lipinski definition) is 8. The van der Waals surface area contributed by atoms with Crippen LogP contribution in [0.1, 0.15) is 26.8 Å². The van der Waals surface area contributed by atoms with Gasteiger partial charge in [0, 0.05) is 55.3 Å². The number of likely N-dealkylation sites (tertiary alicyclic amines) is 1. The number of likely N-dealkylation sites (N-methyl/N-ethyl adjacent to an activating group) is 1. The molecule has 10 nitrogen and oxygen atoms in total. The van der Waals surface area contributed by atoms with Gasteiger partial charge in [-0.3, -0.25) is 14.4 Å². The zero-order valence-electron chi connectivity index (χ0n) is 20.6. The molecule has 0 unspecified atom stereocenters. The highest BCUT2D eigenvalue weighted by molar-refractivity contribution is 7.80. The molecular formula is C24H29ClN6O4S2. The average Bonchev–Trinajstić information content (AvgIpc) is 3.30. The molecule has 1 aromatic heterocycles. The first kappa shape index (κ1) is 27.4. The third-order valence-electron chi connectivity index (χ3n) is 6.29. The van der Waals surface area contributed by atoms with E-state index in [0.717, 1.165) is 30.1 Å². The zero-order valence-corrected chi connectivity index (χ0v) is 23.0. The topological polar surface area (TPSA) is 116 Å². The average molecular weight is 565 g/mol. The van der Waals surface area contributed by atoms with Gasteiger partial charge in [-0.25, -0.2) is 4.98 Å². The van der Waals surface area contributed by atoms with E-state index in [9.17, 15) is 14.4 Å². The van der Waals surface area contributed by atoms with Gasteiger partial charge in [-0.1, -0.05) is 23.8 Å². The molecule has 37 heavy (non-hydrogen) atoms. The third-order valence-corrected chi connectivity index (χ3v) is 8.00. The number of halogens is 1. The van der Waals surface area contributed by atoms with E-state index >= 15 is 0 Å². The van der Waals surface area contributed by atoms with Crippen LogP contribution in [0.25, 0.3) is 0 Å². The number of carbonyl (C=O) groups is 3. The van der Waals surface area contributed by atoms with Crippen molar-refractivity contribution >= 4 is 63.6 Å². The minimum atomic E-state index is -0.804. The lowest BCUT2D eigenvalue weighted by molar-refractivity contribution is -0.136. The predicted molar refractivity (Wildman–Crippen MR) is 146 cm³/mol. The van der Waals surface area contributed by atoms with Crippen LogP contribution >= 0.6 is 35.2 Å². The molecule has 3 N–H and O–H groups in total. The Kier molecular flexibility index (Phi) is 9.08. The molecule has 3 amide bonds. The van der Waals surface area contributed by atoms with Crippen molar-refractivity contribution in [1.29, 1.82) is 0 Å². The van der Waals surface area contributed by atoms with Gasteiger partial charge in [-0.2, -0.15) is 0 Å². The van der Waals surface area contributed by atoms with Crippen molar-refractivity contribution in [2.75, 3.05) is 45.7 Å². The van der Waals surface area contributed by atoms with Gasteiger partial charge in [-0.05, 0) is 37.7 Å². The number of benzene rings is 1. The highest BCUT2D eigenvalue weighted by Crippen LogP contribution is 2.25. The maximum atomic E-state index is 13.2. The number of carbonyl (C=O) groups excluding carboxylic acids is 3. The van der Waals surface area contributed by atoms with Crippen molar-refractivity contribution in [3.63, 3.8) is 0 Å². The Morgan fingerprint density at radius 1 is 1.16 bits per heavy atom. The van der Waals surface area contributed by atoms with Crippen molar-refractivity contribution in [2.45, 2.75) is 31.5 Å². The maximum Gasteiger partial charge on any atom is 0.313 e. The molecule has 3 heterocycles. The van der Waals surface area contributed by atoms with Gasteiger partial charge < -0.3 is 30.5 Å². The molecule has 13 heteroatoms. The Morgan fingerprint density at radius 3 is 2.65 bits per heavy atom. The lowest BCUT2D eigenvalue weighted by atomic mass is 9.98. The molecule has 198 valence electrons. The molecular weight excluding hydrogens is 536 g/mol. The SMILES string of the molecule is COCC(=S)N1CC[C@H](NC(=O)C(=O)Nc2ccc(Cl)cc2)[C@H](NC(=O)c2nc3c(s2)CN(C)CC3)C1. The predicted octanol–water partition coefficient (Wildman–Crippen LogP) is 1.69. The number of piperidine rings is 1. The second-order valence-corrected chi connectivity index (χ2v) is 11.1. The molecule has 4 rings (SSSR count). The molecule has 2 aliphatic rings. The molecule has 0 saturated carbocycles. The summed E-state index contributed by atoms with van der Waals surface area (Å²) in [5, 5.41) is 9.28. The van der Waals surface area contributed by atoms with Gasteiger partial charge in [0.05, 0.1) is 24.4 Å². The minimum absolute atomic E-state index is 0.281. The van der Waals surface area contributed by atoms with Gasteiger partial charge in [0.25, 0.3) is 5.91 Å². The van der Waals surface area contributed by atoms with Crippen molar-refractivity contribution < 1.29 is 19.1 Å². The Hall–Kier alpha value is -2.64. The van der Waals surface area contributed by atoms with E-state index in [1.165, 1.54) is 11.3 Å². The van der Waals surface area contributed by atoms with Crippen LogP contribution in [-0.2, 0) is 27.3 Å². The fourth-order valence-electron chi connectivity index (χ4n) is 4.32. The first-order chi connectivity index (χ1) is 17.7. The summed E-state index contributed by atoms with van der Waals surface area (Å²) < 4.78 is 5.17. The van der Waals surface area contributed by atoms with E-state index in [1.54, 1.807) is 31.4 Å². The lowest BCUT2D eigenvalue weighted by Gasteiger charge is -2.40.